The molecule has 0 aliphatic carbocycles. The van der Waals surface area contributed by atoms with Crippen LogP contribution in [0.15, 0.2) is 18.3 Å². The summed E-state index contributed by atoms with van der Waals surface area (Å²) < 4.78 is 35.4. The normalized spacial score (nSPS) is 11.2. The first kappa shape index (κ1) is 12.3. The van der Waals surface area contributed by atoms with Crippen LogP contribution in [0.1, 0.15) is 12.8 Å². The van der Waals surface area contributed by atoms with Crippen LogP contribution in [0.2, 0.25) is 0 Å². The van der Waals surface area contributed by atoms with E-state index < -0.39 is 24.9 Å². The standard InChI is InChI=1S/C9H10F3N3O/c10-9(11,12)4-3-7(16)15-8-6(13)2-1-5-14-8/h1-2,5H,3-4,13H2,(H,14,15,16). The van der Waals surface area contributed by atoms with Gasteiger partial charge in [0.05, 0.1) is 12.1 Å². The maximum Gasteiger partial charge on any atom is 0.389 e. The lowest BCUT2D eigenvalue weighted by Crippen LogP contribution is -2.17. The van der Waals surface area contributed by atoms with Crippen molar-refractivity contribution in [3.63, 3.8) is 0 Å². The number of halogens is 3. The average molecular weight is 233 g/mol. The fourth-order valence-electron chi connectivity index (χ4n) is 0.972. The third-order valence-corrected chi connectivity index (χ3v) is 1.73. The second kappa shape index (κ2) is 4.82. The van der Waals surface area contributed by atoms with E-state index in [0.29, 0.717) is 0 Å². The van der Waals surface area contributed by atoms with Crippen LogP contribution < -0.4 is 11.1 Å². The van der Waals surface area contributed by atoms with E-state index in [1.165, 1.54) is 12.3 Å². The molecule has 0 aliphatic heterocycles. The lowest BCUT2D eigenvalue weighted by molar-refractivity contribution is -0.142. The number of amides is 1. The first-order chi connectivity index (χ1) is 7.38. The number of rotatable bonds is 3. The van der Waals surface area contributed by atoms with Crippen molar-refractivity contribution in [1.29, 1.82) is 0 Å². The zero-order valence-corrected chi connectivity index (χ0v) is 8.21. The summed E-state index contributed by atoms with van der Waals surface area (Å²) in [6.07, 6.45) is -4.76. The Kier molecular flexibility index (Phi) is 3.70. The summed E-state index contributed by atoms with van der Waals surface area (Å²) in [6, 6.07) is 3.05. The number of hydrogen-bond donors (Lipinski definition) is 2. The maximum absolute atomic E-state index is 11.8. The topological polar surface area (TPSA) is 68.0 Å². The Morgan fingerprint density at radius 2 is 2.19 bits per heavy atom. The van der Waals surface area contributed by atoms with E-state index in [1.807, 2.05) is 0 Å². The molecule has 0 saturated carbocycles. The Labute approximate surface area is 89.7 Å². The quantitative estimate of drug-likeness (QED) is 0.838. The summed E-state index contributed by atoms with van der Waals surface area (Å²) in [6.45, 7) is 0. The Morgan fingerprint density at radius 3 is 2.75 bits per heavy atom. The van der Waals surface area contributed by atoms with E-state index in [4.69, 9.17) is 5.73 Å². The van der Waals surface area contributed by atoms with Gasteiger partial charge in [0.1, 0.15) is 0 Å². The molecule has 0 radical (unpaired) electrons. The van der Waals surface area contributed by atoms with E-state index >= 15 is 0 Å². The number of nitrogens with zero attached hydrogens (tertiary/aromatic N) is 1. The highest BCUT2D eigenvalue weighted by Crippen LogP contribution is 2.22. The minimum absolute atomic E-state index is 0.0784. The van der Waals surface area contributed by atoms with Crippen LogP contribution in [0.5, 0.6) is 0 Å². The number of hydrogen-bond acceptors (Lipinski definition) is 3. The predicted octanol–water partition coefficient (Wildman–Crippen LogP) is 1.94. The van der Waals surface area contributed by atoms with Crippen LogP contribution in [0, 0.1) is 0 Å². The molecule has 0 bridgehead atoms. The van der Waals surface area contributed by atoms with Gasteiger partial charge in [0, 0.05) is 12.6 Å². The fraction of sp³-hybridized carbons (Fsp3) is 0.333. The molecule has 4 nitrogen and oxygen atoms in total. The molecule has 16 heavy (non-hydrogen) atoms. The summed E-state index contributed by atoms with van der Waals surface area (Å²) >= 11 is 0. The van der Waals surface area contributed by atoms with E-state index in [0.717, 1.165) is 0 Å². The van der Waals surface area contributed by atoms with Gasteiger partial charge in [-0.3, -0.25) is 4.79 Å². The maximum atomic E-state index is 11.8. The second-order valence-corrected chi connectivity index (χ2v) is 3.10. The number of nitrogens with one attached hydrogen (secondary N) is 1. The molecule has 0 fully saturated rings. The van der Waals surface area contributed by atoms with Gasteiger partial charge in [-0.05, 0) is 12.1 Å². The first-order valence-electron chi connectivity index (χ1n) is 4.45. The molecule has 0 aromatic carbocycles. The smallest absolute Gasteiger partial charge is 0.389 e. The highest BCUT2D eigenvalue weighted by Gasteiger charge is 2.27. The van der Waals surface area contributed by atoms with Crippen molar-refractivity contribution in [2.45, 2.75) is 19.0 Å². The molecule has 1 heterocycles. The molecule has 1 amide bonds. The van der Waals surface area contributed by atoms with Crippen molar-refractivity contribution in [2.75, 3.05) is 11.1 Å². The highest BCUT2D eigenvalue weighted by molar-refractivity contribution is 5.92. The van der Waals surface area contributed by atoms with Crippen LogP contribution >= 0.6 is 0 Å². The zero-order chi connectivity index (χ0) is 12.2. The van der Waals surface area contributed by atoms with Crippen molar-refractivity contribution < 1.29 is 18.0 Å². The summed E-state index contributed by atoms with van der Waals surface area (Å²) in [5, 5.41) is 2.21. The molecular weight excluding hydrogens is 223 g/mol. The van der Waals surface area contributed by atoms with Crippen LogP contribution in [-0.2, 0) is 4.79 Å². The fourth-order valence-corrected chi connectivity index (χ4v) is 0.972. The van der Waals surface area contributed by atoms with Gasteiger partial charge in [-0.1, -0.05) is 0 Å². The van der Waals surface area contributed by atoms with Gasteiger partial charge in [0.25, 0.3) is 0 Å². The Balaban J connectivity index is 2.50. The summed E-state index contributed by atoms with van der Waals surface area (Å²) in [5.41, 5.74) is 5.66. The number of aromatic nitrogens is 1. The lowest BCUT2D eigenvalue weighted by Gasteiger charge is -2.08. The molecule has 7 heteroatoms. The second-order valence-electron chi connectivity index (χ2n) is 3.10. The number of nitrogens with two attached hydrogens (primary N) is 1. The van der Waals surface area contributed by atoms with Crippen LogP contribution in [0.25, 0.3) is 0 Å². The Morgan fingerprint density at radius 1 is 1.50 bits per heavy atom. The minimum atomic E-state index is -4.34. The van der Waals surface area contributed by atoms with E-state index in [-0.39, 0.29) is 11.5 Å². The number of alkyl halides is 3. The summed E-state index contributed by atoms with van der Waals surface area (Å²) in [5.74, 6) is -0.683. The molecule has 0 spiro atoms. The third-order valence-electron chi connectivity index (χ3n) is 1.73. The molecule has 1 aromatic rings. The largest absolute Gasteiger partial charge is 0.396 e. The van der Waals surface area contributed by atoms with Gasteiger partial charge in [-0.25, -0.2) is 4.98 Å². The van der Waals surface area contributed by atoms with Gasteiger partial charge in [-0.2, -0.15) is 13.2 Å². The minimum Gasteiger partial charge on any atom is -0.396 e. The van der Waals surface area contributed by atoms with Gasteiger partial charge in [-0.15, -0.1) is 0 Å². The number of anilines is 2. The molecule has 0 aliphatic rings. The third kappa shape index (κ3) is 4.16. The molecular formula is C9H10F3N3O. The van der Waals surface area contributed by atoms with Gasteiger partial charge in [0.15, 0.2) is 5.82 Å². The summed E-state index contributed by atoms with van der Waals surface area (Å²) in [7, 11) is 0. The number of pyridine rings is 1. The Bertz CT molecular complexity index is 379. The van der Waals surface area contributed by atoms with Crippen molar-refractivity contribution >= 4 is 17.4 Å². The van der Waals surface area contributed by atoms with Crippen molar-refractivity contribution in [1.82, 2.24) is 4.98 Å². The van der Waals surface area contributed by atoms with Gasteiger partial charge in [0.2, 0.25) is 5.91 Å². The predicted molar refractivity (Wildman–Crippen MR) is 52.6 cm³/mol. The molecule has 0 saturated heterocycles. The van der Waals surface area contributed by atoms with E-state index in [1.54, 1.807) is 6.07 Å². The molecule has 1 aromatic heterocycles. The number of carbonyl (C=O) groups is 1. The lowest BCUT2D eigenvalue weighted by atomic mass is 10.3. The molecule has 0 atom stereocenters. The van der Waals surface area contributed by atoms with Gasteiger partial charge >= 0.3 is 6.18 Å². The average Bonchev–Trinajstić information content (AvgIpc) is 2.18. The van der Waals surface area contributed by atoms with Crippen LogP contribution in [0.3, 0.4) is 0 Å². The van der Waals surface area contributed by atoms with Crippen LogP contribution in [0.4, 0.5) is 24.7 Å². The van der Waals surface area contributed by atoms with Crippen molar-refractivity contribution in [3.05, 3.63) is 18.3 Å². The molecule has 0 unspecified atom stereocenters. The Hall–Kier alpha value is -1.79. The summed E-state index contributed by atoms with van der Waals surface area (Å²) in [4.78, 5) is 14.8. The monoisotopic (exact) mass is 233 g/mol. The van der Waals surface area contributed by atoms with Crippen molar-refractivity contribution in [2.24, 2.45) is 0 Å². The van der Waals surface area contributed by atoms with E-state index in [9.17, 15) is 18.0 Å². The molecule has 3 N–H and O–H groups in total. The number of nitrogen functional groups attached to an aromatic ring is 1. The van der Waals surface area contributed by atoms with Crippen LogP contribution in [-0.4, -0.2) is 17.1 Å². The first-order valence-corrected chi connectivity index (χ1v) is 4.45. The molecule has 88 valence electrons. The number of carbonyl (C=O) groups excluding carboxylic acids is 1. The zero-order valence-electron chi connectivity index (χ0n) is 8.21. The SMILES string of the molecule is Nc1cccnc1NC(=O)CCC(F)(F)F. The highest BCUT2D eigenvalue weighted by atomic mass is 19.4. The van der Waals surface area contributed by atoms with Gasteiger partial charge < -0.3 is 11.1 Å². The molecule has 1 rings (SSSR count). The van der Waals surface area contributed by atoms with Crippen molar-refractivity contribution in [3.8, 4) is 0 Å². The van der Waals surface area contributed by atoms with E-state index in [2.05, 4.69) is 10.3 Å².